The maximum Gasteiger partial charge on any atom is 0.304 e. The van der Waals surface area contributed by atoms with Gasteiger partial charge in [0.25, 0.3) is 0 Å². The molecule has 5 nitrogen and oxygen atoms in total. The summed E-state index contributed by atoms with van der Waals surface area (Å²) in [5, 5.41) is 15.4. The molecule has 0 bridgehead atoms. The molecule has 0 aromatic rings. The molecule has 0 radical (unpaired) electrons. The molecule has 0 spiro atoms. The number of piperidine rings is 2. The quantitative estimate of drug-likeness (QED) is 0.0586. The van der Waals surface area contributed by atoms with Gasteiger partial charge in [0.2, 0.25) is 0 Å². The van der Waals surface area contributed by atoms with Gasteiger partial charge < -0.3 is 20.6 Å². The van der Waals surface area contributed by atoms with Crippen molar-refractivity contribution in [2.24, 2.45) is 11.8 Å². The largest absolute Gasteiger partial charge is 0.481 e. The van der Waals surface area contributed by atoms with Crippen LogP contribution in [-0.2, 0) is 4.79 Å². The summed E-state index contributed by atoms with van der Waals surface area (Å²) in [6, 6.07) is 0. The molecule has 2 rings (SSSR count). The molecule has 2 heterocycles. The molecule has 2 aliphatic heterocycles. The monoisotopic (exact) mass is 621 g/mol. The first-order chi connectivity index (χ1) is 21.7. The van der Waals surface area contributed by atoms with Gasteiger partial charge in [0.1, 0.15) is 0 Å². The second kappa shape index (κ2) is 29.7. The van der Waals surface area contributed by atoms with Crippen LogP contribution in [0.4, 0.5) is 0 Å². The SMILES string of the molecule is O=C(O)CCNCCCCCCCCCCCCCC1CCC[NH+](CCCCCCCCCCCCCC2CCCNC2)C1. The topological polar surface area (TPSA) is 65.8 Å². The molecule has 0 amide bonds. The number of quaternary nitrogens is 1. The van der Waals surface area contributed by atoms with Crippen LogP contribution in [0.2, 0.25) is 0 Å². The molecule has 2 fully saturated rings. The van der Waals surface area contributed by atoms with E-state index in [1.54, 1.807) is 0 Å². The predicted octanol–water partition coefficient (Wildman–Crippen LogP) is 8.71. The van der Waals surface area contributed by atoms with Gasteiger partial charge in [0, 0.05) is 12.5 Å². The molecule has 3 atom stereocenters. The Morgan fingerprint density at radius 1 is 0.614 bits per heavy atom. The van der Waals surface area contributed by atoms with Gasteiger partial charge in [-0.15, -0.1) is 0 Å². The van der Waals surface area contributed by atoms with E-state index in [2.05, 4.69) is 10.6 Å². The zero-order valence-corrected chi connectivity index (χ0v) is 29.5. The normalized spacial score (nSPS) is 20.7. The lowest BCUT2D eigenvalue weighted by atomic mass is 9.92. The molecule has 0 saturated carbocycles. The first kappa shape index (κ1) is 39.5. The number of carboxylic acids is 1. The van der Waals surface area contributed by atoms with Gasteiger partial charge in [0.05, 0.1) is 26.1 Å². The molecule has 0 aliphatic carbocycles. The lowest BCUT2D eigenvalue weighted by molar-refractivity contribution is -0.909. The fraction of sp³-hybridized carbons (Fsp3) is 0.974. The van der Waals surface area contributed by atoms with Gasteiger partial charge in [-0.25, -0.2) is 0 Å². The highest BCUT2D eigenvalue weighted by Gasteiger charge is 2.22. The van der Waals surface area contributed by atoms with Gasteiger partial charge in [-0.3, -0.25) is 4.79 Å². The van der Waals surface area contributed by atoms with Crippen LogP contribution in [0, 0.1) is 11.8 Å². The van der Waals surface area contributed by atoms with Crippen molar-refractivity contribution in [1.29, 1.82) is 0 Å². The Labute approximate surface area is 274 Å². The van der Waals surface area contributed by atoms with E-state index in [1.165, 1.54) is 213 Å². The number of carboxylic acid groups (broad SMARTS) is 1. The van der Waals surface area contributed by atoms with Crippen molar-refractivity contribution in [3.63, 3.8) is 0 Å². The molecule has 2 saturated heterocycles. The number of likely N-dealkylation sites (tertiary alicyclic amines) is 1. The maximum absolute atomic E-state index is 10.5. The molecule has 0 aromatic carbocycles. The molecule has 260 valence electrons. The fourth-order valence-corrected chi connectivity index (χ4v) is 7.89. The minimum Gasteiger partial charge on any atom is -0.481 e. The maximum atomic E-state index is 10.5. The van der Waals surface area contributed by atoms with Crippen LogP contribution < -0.4 is 15.5 Å². The summed E-state index contributed by atoms with van der Waals surface area (Å²) >= 11 is 0. The number of rotatable bonds is 31. The van der Waals surface area contributed by atoms with E-state index in [0.29, 0.717) is 6.54 Å². The van der Waals surface area contributed by atoms with Crippen LogP contribution in [0.25, 0.3) is 0 Å². The van der Waals surface area contributed by atoms with Crippen molar-refractivity contribution >= 4 is 5.97 Å². The van der Waals surface area contributed by atoms with E-state index in [-0.39, 0.29) is 6.42 Å². The highest BCUT2D eigenvalue weighted by molar-refractivity contribution is 5.66. The molecule has 0 aromatic heterocycles. The van der Waals surface area contributed by atoms with E-state index in [1.807, 2.05) is 4.90 Å². The summed E-state index contributed by atoms with van der Waals surface area (Å²) in [6.07, 6.45) is 40.4. The fourth-order valence-electron chi connectivity index (χ4n) is 7.89. The van der Waals surface area contributed by atoms with Crippen molar-refractivity contribution in [2.45, 2.75) is 186 Å². The molecular formula is C39H78N3O2+. The average Bonchev–Trinajstić information content (AvgIpc) is 3.03. The minimum absolute atomic E-state index is 0.236. The van der Waals surface area contributed by atoms with Crippen LogP contribution in [-0.4, -0.2) is 56.9 Å². The predicted molar refractivity (Wildman–Crippen MR) is 190 cm³/mol. The van der Waals surface area contributed by atoms with E-state index >= 15 is 0 Å². The van der Waals surface area contributed by atoms with E-state index in [0.717, 1.165) is 18.4 Å². The Kier molecular flexibility index (Phi) is 26.7. The number of nitrogens with one attached hydrogen (secondary N) is 3. The lowest BCUT2D eigenvalue weighted by Crippen LogP contribution is -3.13. The summed E-state index contributed by atoms with van der Waals surface area (Å²) in [4.78, 5) is 12.4. The third-order valence-electron chi connectivity index (χ3n) is 10.7. The average molecular weight is 621 g/mol. The Balaban J connectivity index is 1.25. The number of aliphatic carboxylic acids is 1. The second-order valence-corrected chi connectivity index (χ2v) is 14.9. The van der Waals surface area contributed by atoms with Crippen LogP contribution in [0.1, 0.15) is 186 Å². The number of hydrogen-bond donors (Lipinski definition) is 4. The Bertz CT molecular complexity index is 624. The standard InChI is InChI=1S/C39H77N3O2/c43-39(44)29-32-40-30-21-17-13-9-5-1-3-8-12-16-20-26-38-28-24-34-42(36-38)33-22-18-14-10-6-2-4-7-11-15-19-25-37-27-23-31-41-35-37/h37-38,40-41H,1-36H2,(H,43,44)/p+1. The Morgan fingerprint density at radius 2 is 1.11 bits per heavy atom. The summed E-state index contributed by atoms with van der Waals surface area (Å²) < 4.78 is 0. The molecule has 3 unspecified atom stereocenters. The van der Waals surface area contributed by atoms with Crippen molar-refractivity contribution in [1.82, 2.24) is 10.6 Å². The molecule has 4 N–H and O–H groups in total. The zero-order valence-electron chi connectivity index (χ0n) is 29.5. The lowest BCUT2D eigenvalue weighted by Gasteiger charge is -2.30. The second-order valence-electron chi connectivity index (χ2n) is 14.9. The first-order valence-electron chi connectivity index (χ1n) is 20.2. The molecule has 44 heavy (non-hydrogen) atoms. The van der Waals surface area contributed by atoms with Crippen LogP contribution in [0.15, 0.2) is 0 Å². The Hall–Kier alpha value is -0.650. The third kappa shape index (κ3) is 24.6. The van der Waals surface area contributed by atoms with Gasteiger partial charge in [-0.05, 0) is 83.3 Å². The summed E-state index contributed by atoms with van der Waals surface area (Å²) in [5.41, 5.74) is 0. The molecule has 5 heteroatoms. The number of unbranched alkanes of at least 4 members (excludes halogenated alkanes) is 20. The van der Waals surface area contributed by atoms with E-state index < -0.39 is 5.97 Å². The molecular weight excluding hydrogens is 542 g/mol. The summed E-state index contributed by atoms with van der Waals surface area (Å²) in [7, 11) is 0. The zero-order chi connectivity index (χ0) is 31.2. The van der Waals surface area contributed by atoms with Gasteiger partial charge >= 0.3 is 5.97 Å². The van der Waals surface area contributed by atoms with Crippen molar-refractivity contribution in [2.75, 3.05) is 45.8 Å². The van der Waals surface area contributed by atoms with Gasteiger partial charge in [-0.2, -0.15) is 0 Å². The third-order valence-corrected chi connectivity index (χ3v) is 10.7. The van der Waals surface area contributed by atoms with Crippen LogP contribution >= 0.6 is 0 Å². The smallest absolute Gasteiger partial charge is 0.304 e. The minimum atomic E-state index is -0.708. The highest BCUT2D eigenvalue weighted by Crippen LogP contribution is 2.20. The van der Waals surface area contributed by atoms with E-state index in [9.17, 15) is 4.79 Å². The first-order valence-corrected chi connectivity index (χ1v) is 20.2. The van der Waals surface area contributed by atoms with Crippen molar-refractivity contribution in [3.05, 3.63) is 0 Å². The van der Waals surface area contributed by atoms with Gasteiger partial charge in [-0.1, -0.05) is 122 Å². The highest BCUT2D eigenvalue weighted by atomic mass is 16.4. The van der Waals surface area contributed by atoms with Crippen molar-refractivity contribution in [3.8, 4) is 0 Å². The summed E-state index contributed by atoms with van der Waals surface area (Å²) in [6.45, 7) is 8.46. The van der Waals surface area contributed by atoms with E-state index in [4.69, 9.17) is 5.11 Å². The van der Waals surface area contributed by atoms with Crippen molar-refractivity contribution < 1.29 is 14.8 Å². The van der Waals surface area contributed by atoms with Crippen LogP contribution in [0.3, 0.4) is 0 Å². The van der Waals surface area contributed by atoms with Gasteiger partial charge in [0.15, 0.2) is 0 Å². The number of carbonyl (C=O) groups is 1. The van der Waals surface area contributed by atoms with Crippen LogP contribution in [0.5, 0.6) is 0 Å². The Morgan fingerprint density at radius 3 is 1.66 bits per heavy atom. The summed E-state index contributed by atoms with van der Waals surface area (Å²) in [5.74, 6) is 1.28. The number of hydrogen-bond acceptors (Lipinski definition) is 3. The molecule has 2 aliphatic rings.